The highest BCUT2D eigenvalue weighted by molar-refractivity contribution is 7.89. The van der Waals surface area contributed by atoms with Crippen LogP contribution in [0, 0.1) is 5.82 Å². The number of aromatic nitrogens is 2. The number of alkyl halides is 3. The van der Waals surface area contributed by atoms with E-state index in [-0.39, 0.29) is 37.0 Å². The number of hydrogen-bond donors (Lipinski definition) is 0. The fourth-order valence-corrected chi connectivity index (χ4v) is 5.14. The number of Topliss-reactive ketones (excluding diaryl/α,β-unsaturated/α-hetero) is 1. The monoisotopic (exact) mass is 565 g/mol. The smallest absolute Gasteiger partial charge is 0.416 e. The van der Waals surface area contributed by atoms with Crippen LogP contribution in [0.3, 0.4) is 0 Å². The van der Waals surface area contributed by atoms with Gasteiger partial charge in [-0.15, -0.1) is 0 Å². The fraction of sp³-hybridized carbons (Fsp3) is 0.269. The number of carbonyl (C=O) groups excluding carboxylic acids is 1. The number of aryl methyl sites for hydroxylation is 1. The van der Waals surface area contributed by atoms with Gasteiger partial charge in [-0.2, -0.15) is 17.5 Å². The van der Waals surface area contributed by atoms with E-state index >= 15 is 0 Å². The fourth-order valence-electron chi connectivity index (χ4n) is 3.79. The SMILES string of the molecule is COCCN(CC(=O)CCc1cc(-c2ccc(C(F)(F)F)cc2)ncn1)S(=O)(=O)c1cc2cc(F)ccc2o1. The number of carbonyl (C=O) groups is 1. The van der Waals surface area contributed by atoms with Gasteiger partial charge in [-0.3, -0.25) is 4.79 Å². The van der Waals surface area contributed by atoms with E-state index in [2.05, 4.69) is 9.97 Å². The van der Waals surface area contributed by atoms with Gasteiger partial charge >= 0.3 is 6.18 Å². The van der Waals surface area contributed by atoms with E-state index in [1.54, 1.807) is 6.07 Å². The van der Waals surface area contributed by atoms with Gasteiger partial charge in [0.15, 0.2) is 0 Å². The van der Waals surface area contributed by atoms with Crippen molar-refractivity contribution in [1.82, 2.24) is 14.3 Å². The molecule has 0 saturated carbocycles. The van der Waals surface area contributed by atoms with E-state index in [9.17, 15) is 30.8 Å². The molecule has 2 heterocycles. The van der Waals surface area contributed by atoms with Crippen molar-refractivity contribution in [2.24, 2.45) is 0 Å². The third kappa shape index (κ3) is 6.85. The van der Waals surface area contributed by atoms with Crippen molar-refractivity contribution >= 4 is 26.8 Å². The Balaban J connectivity index is 1.45. The summed E-state index contributed by atoms with van der Waals surface area (Å²) >= 11 is 0. The number of ketones is 1. The molecule has 0 aliphatic rings. The minimum Gasteiger partial charge on any atom is -0.443 e. The molecule has 0 fully saturated rings. The minimum absolute atomic E-state index is 0.0176. The zero-order valence-corrected chi connectivity index (χ0v) is 21.4. The number of sulfonamides is 1. The van der Waals surface area contributed by atoms with Crippen LogP contribution in [0.1, 0.15) is 17.7 Å². The lowest BCUT2D eigenvalue weighted by Crippen LogP contribution is -2.38. The molecule has 0 amide bonds. The second-order valence-corrected chi connectivity index (χ2v) is 10.5. The number of benzene rings is 2. The Morgan fingerprint density at radius 2 is 1.79 bits per heavy atom. The molecule has 0 unspecified atom stereocenters. The summed E-state index contributed by atoms with van der Waals surface area (Å²) in [4.78, 5) is 21.0. The van der Waals surface area contributed by atoms with Gasteiger partial charge < -0.3 is 9.15 Å². The minimum atomic E-state index is -4.46. The molecule has 0 spiro atoms. The highest BCUT2D eigenvalue weighted by atomic mass is 32.2. The first-order valence-corrected chi connectivity index (χ1v) is 13.1. The zero-order chi connectivity index (χ0) is 28.2. The second-order valence-electron chi connectivity index (χ2n) is 8.59. The summed E-state index contributed by atoms with van der Waals surface area (Å²) in [5.41, 5.74) is 0.681. The van der Waals surface area contributed by atoms with Gasteiger partial charge in [0.1, 0.15) is 23.5 Å². The number of hydrogen-bond acceptors (Lipinski definition) is 7. The van der Waals surface area contributed by atoms with Gasteiger partial charge in [-0.25, -0.2) is 22.8 Å². The van der Waals surface area contributed by atoms with Crippen LogP contribution in [-0.2, 0) is 32.2 Å². The Morgan fingerprint density at radius 3 is 2.49 bits per heavy atom. The Morgan fingerprint density at radius 1 is 1.05 bits per heavy atom. The third-order valence-electron chi connectivity index (χ3n) is 5.84. The van der Waals surface area contributed by atoms with Crippen LogP contribution in [0.5, 0.6) is 0 Å². The first-order chi connectivity index (χ1) is 18.5. The average Bonchev–Trinajstić information content (AvgIpc) is 3.34. The van der Waals surface area contributed by atoms with Gasteiger partial charge in [0.25, 0.3) is 10.0 Å². The third-order valence-corrected chi connectivity index (χ3v) is 7.54. The Hall–Kier alpha value is -3.68. The molecule has 4 aromatic rings. The Bertz CT molecular complexity index is 1570. The van der Waals surface area contributed by atoms with Crippen LogP contribution in [0.4, 0.5) is 17.6 Å². The number of fused-ring (bicyclic) bond motifs is 1. The standard InChI is InChI=1S/C26H23F4N3O5S/c1-37-11-10-33(39(35,36)25-13-18-12-20(27)6-9-24(18)38-25)15-22(34)8-7-21-14-23(32-16-31-21)17-2-4-19(5-3-17)26(28,29)30/h2-6,9,12-14,16H,7-8,10-11,15H2,1H3. The normalized spacial score (nSPS) is 12.4. The predicted molar refractivity (Wildman–Crippen MR) is 133 cm³/mol. The topological polar surface area (TPSA) is 103 Å². The molecule has 13 heteroatoms. The molecular formula is C26H23F4N3O5S. The molecule has 206 valence electrons. The number of nitrogens with zero attached hydrogens (tertiary/aromatic N) is 3. The van der Waals surface area contributed by atoms with Gasteiger partial charge in [0.2, 0.25) is 5.09 Å². The summed E-state index contributed by atoms with van der Waals surface area (Å²) < 4.78 is 89.8. The van der Waals surface area contributed by atoms with E-state index in [0.717, 1.165) is 28.6 Å². The van der Waals surface area contributed by atoms with Crippen molar-refractivity contribution < 1.29 is 39.9 Å². The highest BCUT2D eigenvalue weighted by Gasteiger charge is 2.31. The van der Waals surface area contributed by atoms with Crippen molar-refractivity contribution in [2.75, 3.05) is 26.8 Å². The molecule has 0 aliphatic carbocycles. The Labute approximate surface area is 221 Å². The molecule has 2 aromatic heterocycles. The maximum absolute atomic E-state index is 13.5. The second kappa shape index (κ2) is 11.6. The summed E-state index contributed by atoms with van der Waals surface area (Å²) in [5.74, 6) is -0.962. The first-order valence-electron chi connectivity index (χ1n) is 11.7. The molecule has 39 heavy (non-hydrogen) atoms. The number of ether oxygens (including phenoxy) is 1. The van der Waals surface area contributed by atoms with Gasteiger partial charge in [0, 0.05) is 42.8 Å². The summed E-state index contributed by atoms with van der Waals surface area (Å²) in [5, 5.41) is -0.164. The molecule has 4 rings (SSSR count). The van der Waals surface area contributed by atoms with Crippen molar-refractivity contribution in [3.8, 4) is 11.3 Å². The van der Waals surface area contributed by atoms with Crippen molar-refractivity contribution in [3.63, 3.8) is 0 Å². The molecule has 0 N–H and O–H groups in total. The Kier molecular flexibility index (Phi) is 8.42. The van der Waals surface area contributed by atoms with Crippen molar-refractivity contribution in [1.29, 1.82) is 0 Å². The molecule has 0 saturated heterocycles. The van der Waals surface area contributed by atoms with E-state index in [4.69, 9.17) is 9.15 Å². The van der Waals surface area contributed by atoms with Crippen LogP contribution >= 0.6 is 0 Å². The van der Waals surface area contributed by atoms with E-state index in [0.29, 0.717) is 17.0 Å². The molecular weight excluding hydrogens is 542 g/mol. The number of furan rings is 1. The van der Waals surface area contributed by atoms with E-state index in [1.807, 2.05) is 0 Å². The summed E-state index contributed by atoms with van der Waals surface area (Å²) in [7, 11) is -2.86. The van der Waals surface area contributed by atoms with E-state index in [1.165, 1.54) is 37.7 Å². The molecule has 0 bridgehead atoms. The molecule has 8 nitrogen and oxygen atoms in total. The van der Waals surface area contributed by atoms with Crippen molar-refractivity contribution in [2.45, 2.75) is 24.1 Å². The number of halogens is 4. The number of methoxy groups -OCH3 is 1. The van der Waals surface area contributed by atoms with Crippen LogP contribution < -0.4 is 0 Å². The molecule has 0 atom stereocenters. The predicted octanol–water partition coefficient (Wildman–Crippen LogP) is 4.89. The van der Waals surface area contributed by atoms with E-state index < -0.39 is 45.0 Å². The van der Waals surface area contributed by atoms with Gasteiger partial charge in [-0.1, -0.05) is 12.1 Å². The van der Waals surface area contributed by atoms with Gasteiger partial charge in [-0.05, 0) is 42.8 Å². The largest absolute Gasteiger partial charge is 0.443 e. The number of rotatable bonds is 11. The van der Waals surface area contributed by atoms with Gasteiger partial charge in [0.05, 0.1) is 24.4 Å². The zero-order valence-electron chi connectivity index (χ0n) is 20.6. The summed E-state index contributed by atoms with van der Waals surface area (Å²) in [6.45, 7) is -0.570. The molecule has 0 aliphatic heterocycles. The van der Waals surface area contributed by atoms with Crippen LogP contribution in [0.15, 0.2) is 70.4 Å². The highest BCUT2D eigenvalue weighted by Crippen LogP contribution is 2.31. The lowest BCUT2D eigenvalue weighted by atomic mass is 10.1. The molecule has 0 radical (unpaired) electrons. The molecule has 2 aromatic carbocycles. The van der Waals surface area contributed by atoms with Crippen molar-refractivity contribution in [3.05, 3.63) is 78.0 Å². The lowest BCUT2D eigenvalue weighted by molar-refractivity contribution is -0.137. The average molecular weight is 566 g/mol. The summed E-state index contributed by atoms with van der Waals surface area (Å²) in [6.07, 6.45) is -3.12. The van der Waals surface area contributed by atoms with Crippen LogP contribution in [-0.4, -0.2) is 55.3 Å². The van der Waals surface area contributed by atoms with Crippen LogP contribution in [0.25, 0.3) is 22.2 Å². The first kappa shape index (κ1) is 28.3. The lowest BCUT2D eigenvalue weighted by Gasteiger charge is -2.19. The maximum Gasteiger partial charge on any atom is 0.416 e. The quantitative estimate of drug-likeness (QED) is 0.239. The maximum atomic E-state index is 13.5. The summed E-state index contributed by atoms with van der Waals surface area (Å²) in [6, 6.07) is 10.9. The van der Waals surface area contributed by atoms with Crippen LogP contribution in [0.2, 0.25) is 0 Å².